The number of nitrogens with one attached hydrogen (secondary N) is 1. The van der Waals surface area contributed by atoms with Crippen LogP contribution in [0.3, 0.4) is 0 Å². The van der Waals surface area contributed by atoms with Gasteiger partial charge in [-0.2, -0.15) is 0 Å². The molecule has 0 heterocycles. The lowest BCUT2D eigenvalue weighted by molar-refractivity contribution is 0.475. The van der Waals surface area contributed by atoms with Crippen LogP contribution in [0.15, 0.2) is 48.5 Å². The maximum absolute atomic E-state index is 9.15. The SMILES string of the molecule is Cc1ccccc1Nc1ccc(O)cc1.Cl. The van der Waals surface area contributed by atoms with E-state index in [4.69, 9.17) is 5.11 Å². The van der Waals surface area contributed by atoms with E-state index in [-0.39, 0.29) is 18.2 Å². The quantitative estimate of drug-likeness (QED) is 0.775. The summed E-state index contributed by atoms with van der Waals surface area (Å²) >= 11 is 0. The van der Waals surface area contributed by atoms with E-state index in [1.807, 2.05) is 30.3 Å². The summed E-state index contributed by atoms with van der Waals surface area (Å²) in [4.78, 5) is 0. The van der Waals surface area contributed by atoms with Gasteiger partial charge in [-0.1, -0.05) is 18.2 Å². The highest BCUT2D eigenvalue weighted by Gasteiger charge is 1.97. The number of anilines is 2. The van der Waals surface area contributed by atoms with E-state index in [2.05, 4.69) is 18.3 Å². The topological polar surface area (TPSA) is 32.3 Å². The number of aryl methyl sites for hydroxylation is 1. The van der Waals surface area contributed by atoms with Crippen LogP contribution in [0.25, 0.3) is 0 Å². The molecule has 0 aliphatic heterocycles. The third-order valence-corrected chi connectivity index (χ3v) is 2.29. The number of hydrogen-bond acceptors (Lipinski definition) is 2. The minimum atomic E-state index is 0. The average molecular weight is 236 g/mol. The number of aromatic hydroxyl groups is 1. The highest BCUT2D eigenvalue weighted by Crippen LogP contribution is 2.21. The first-order chi connectivity index (χ1) is 7.25. The molecule has 0 radical (unpaired) electrons. The van der Waals surface area contributed by atoms with E-state index in [1.165, 1.54) is 5.56 Å². The van der Waals surface area contributed by atoms with E-state index >= 15 is 0 Å². The van der Waals surface area contributed by atoms with Crippen molar-refractivity contribution in [3.05, 3.63) is 54.1 Å². The molecule has 0 aliphatic carbocycles. The molecule has 2 N–H and O–H groups in total. The minimum Gasteiger partial charge on any atom is -0.508 e. The highest BCUT2D eigenvalue weighted by molar-refractivity contribution is 5.85. The maximum Gasteiger partial charge on any atom is 0.115 e. The third-order valence-electron chi connectivity index (χ3n) is 2.29. The molecule has 0 aromatic heterocycles. The van der Waals surface area contributed by atoms with E-state index < -0.39 is 0 Å². The summed E-state index contributed by atoms with van der Waals surface area (Å²) in [6.45, 7) is 2.06. The summed E-state index contributed by atoms with van der Waals surface area (Å²) in [6, 6.07) is 15.1. The van der Waals surface area contributed by atoms with E-state index in [0.717, 1.165) is 11.4 Å². The zero-order valence-electron chi connectivity index (χ0n) is 8.97. The van der Waals surface area contributed by atoms with E-state index in [0.29, 0.717) is 0 Å². The Morgan fingerprint density at radius 3 is 2.19 bits per heavy atom. The van der Waals surface area contributed by atoms with Crippen molar-refractivity contribution < 1.29 is 5.11 Å². The second-order valence-corrected chi connectivity index (χ2v) is 3.49. The van der Waals surface area contributed by atoms with Gasteiger partial charge in [0.25, 0.3) is 0 Å². The van der Waals surface area contributed by atoms with Crippen molar-refractivity contribution in [3.8, 4) is 5.75 Å². The Balaban J connectivity index is 0.00000128. The highest BCUT2D eigenvalue weighted by atomic mass is 35.5. The smallest absolute Gasteiger partial charge is 0.115 e. The first-order valence-electron chi connectivity index (χ1n) is 4.87. The van der Waals surface area contributed by atoms with Gasteiger partial charge < -0.3 is 10.4 Å². The average Bonchev–Trinajstić information content (AvgIpc) is 2.25. The van der Waals surface area contributed by atoms with Crippen LogP contribution in [0, 0.1) is 6.92 Å². The van der Waals surface area contributed by atoms with Gasteiger partial charge in [-0.15, -0.1) is 12.4 Å². The van der Waals surface area contributed by atoms with Crippen LogP contribution in [0.5, 0.6) is 5.75 Å². The molecule has 0 spiro atoms. The van der Waals surface area contributed by atoms with Gasteiger partial charge in [0.1, 0.15) is 5.75 Å². The summed E-state index contributed by atoms with van der Waals surface area (Å²) in [5, 5.41) is 12.4. The second-order valence-electron chi connectivity index (χ2n) is 3.49. The van der Waals surface area contributed by atoms with E-state index in [1.54, 1.807) is 12.1 Å². The molecule has 0 amide bonds. The molecule has 0 fully saturated rings. The van der Waals surface area contributed by atoms with Crippen molar-refractivity contribution in [1.82, 2.24) is 0 Å². The van der Waals surface area contributed by atoms with Gasteiger partial charge in [-0.3, -0.25) is 0 Å². The van der Waals surface area contributed by atoms with Gasteiger partial charge in [0.15, 0.2) is 0 Å². The largest absolute Gasteiger partial charge is 0.508 e. The van der Waals surface area contributed by atoms with Crippen LogP contribution in [-0.4, -0.2) is 5.11 Å². The zero-order valence-corrected chi connectivity index (χ0v) is 9.79. The van der Waals surface area contributed by atoms with Crippen LogP contribution >= 0.6 is 12.4 Å². The summed E-state index contributed by atoms with van der Waals surface area (Å²) in [5.74, 6) is 0.283. The number of para-hydroxylation sites is 1. The van der Waals surface area contributed by atoms with E-state index in [9.17, 15) is 0 Å². The molecule has 0 saturated carbocycles. The summed E-state index contributed by atoms with van der Waals surface area (Å²) in [5.41, 5.74) is 3.26. The van der Waals surface area contributed by atoms with Crippen molar-refractivity contribution in [1.29, 1.82) is 0 Å². The number of halogens is 1. The Labute approximate surface area is 101 Å². The predicted octanol–water partition coefficient (Wildman–Crippen LogP) is 3.87. The van der Waals surface area contributed by atoms with Crippen LogP contribution in [0.2, 0.25) is 0 Å². The van der Waals surface area contributed by atoms with Gasteiger partial charge in [0.2, 0.25) is 0 Å². The van der Waals surface area contributed by atoms with Crippen molar-refractivity contribution in [2.75, 3.05) is 5.32 Å². The van der Waals surface area contributed by atoms with Crippen LogP contribution in [0.4, 0.5) is 11.4 Å². The number of hydrogen-bond donors (Lipinski definition) is 2. The summed E-state index contributed by atoms with van der Waals surface area (Å²) in [7, 11) is 0. The van der Waals surface area contributed by atoms with Crippen LogP contribution in [-0.2, 0) is 0 Å². The molecule has 0 bridgehead atoms. The molecule has 0 unspecified atom stereocenters. The molecule has 2 nitrogen and oxygen atoms in total. The molecule has 0 atom stereocenters. The normalized spacial score (nSPS) is 9.31. The fourth-order valence-electron chi connectivity index (χ4n) is 1.41. The summed E-state index contributed by atoms with van der Waals surface area (Å²) < 4.78 is 0. The number of rotatable bonds is 2. The molecule has 2 rings (SSSR count). The monoisotopic (exact) mass is 235 g/mol. The van der Waals surface area contributed by atoms with Gasteiger partial charge in [-0.05, 0) is 42.8 Å². The molecular weight excluding hydrogens is 222 g/mol. The Bertz CT molecular complexity index is 454. The fourth-order valence-corrected chi connectivity index (χ4v) is 1.41. The predicted molar refractivity (Wildman–Crippen MR) is 69.8 cm³/mol. The number of phenolic OH excluding ortho intramolecular Hbond substituents is 1. The number of benzene rings is 2. The Morgan fingerprint density at radius 2 is 1.56 bits per heavy atom. The molecule has 3 heteroatoms. The van der Waals surface area contributed by atoms with Crippen LogP contribution < -0.4 is 5.32 Å². The first kappa shape index (κ1) is 12.4. The molecular formula is C13H14ClNO. The van der Waals surface area contributed by atoms with Crippen LogP contribution in [0.1, 0.15) is 5.56 Å². The van der Waals surface area contributed by atoms with Gasteiger partial charge in [0.05, 0.1) is 0 Å². The van der Waals surface area contributed by atoms with Crippen molar-refractivity contribution in [2.24, 2.45) is 0 Å². The Kier molecular flexibility index (Phi) is 4.20. The van der Waals surface area contributed by atoms with Crippen molar-refractivity contribution in [2.45, 2.75) is 6.92 Å². The van der Waals surface area contributed by atoms with Gasteiger partial charge in [0, 0.05) is 11.4 Å². The second kappa shape index (κ2) is 5.42. The molecule has 2 aromatic carbocycles. The maximum atomic E-state index is 9.15. The third kappa shape index (κ3) is 2.91. The Morgan fingerprint density at radius 1 is 0.938 bits per heavy atom. The molecule has 0 saturated heterocycles. The van der Waals surface area contributed by atoms with Gasteiger partial charge in [-0.25, -0.2) is 0 Å². The summed E-state index contributed by atoms with van der Waals surface area (Å²) in [6.07, 6.45) is 0. The zero-order chi connectivity index (χ0) is 10.7. The minimum absolute atomic E-state index is 0. The number of phenols is 1. The first-order valence-corrected chi connectivity index (χ1v) is 4.87. The Hall–Kier alpha value is -1.67. The molecule has 84 valence electrons. The lowest BCUT2D eigenvalue weighted by Crippen LogP contribution is -1.91. The molecule has 2 aromatic rings. The van der Waals surface area contributed by atoms with Crippen molar-refractivity contribution >= 4 is 23.8 Å². The van der Waals surface area contributed by atoms with Gasteiger partial charge >= 0.3 is 0 Å². The lowest BCUT2D eigenvalue weighted by Gasteiger charge is -2.08. The lowest BCUT2D eigenvalue weighted by atomic mass is 10.2. The molecule has 0 aliphatic rings. The molecule has 16 heavy (non-hydrogen) atoms. The fraction of sp³-hybridized carbons (Fsp3) is 0.0769. The van der Waals surface area contributed by atoms with Crippen molar-refractivity contribution in [3.63, 3.8) is 0 Å². The standard InChI is InChI=1S/C13H13NO.ClH/c1-10-4-2-3-5-13(10)14-11-6-8-12(15)9-7-11;/h2-9,14-15H,1H3;1H.